The molecule has 0 aliphatic rings. The molecule has 0 saturated heterocycles. The predicted octanol–water partition coefficient (Wildman–Crippen LogP) is 3.28. The van der Waals surface area contributed by atoms with Gasteiger partial charge in [0.1, 0.15) is 5.82 Å². The molecule has 1 atom stereocenters. The van der Waals surface area contributed by atoms with Crippen LogP contribution in [-0.4, -0.2) is 5.54 Å². The molecule has 1 rings (SSSR count). The Bertz CT molecular complexity index is 390. The summed E-state index contributed by atoms with van der Waals surface area (Å²) in [5.41, 5.74) is 0.247. The first-order chi connectivity index (χ1) is 7.50. The fourth-order valence-electron chi connectivity index (χ4n) is 1.63. The lowest BCUT2D eigenvalue weighted by molar-refractivity contribution is 0.393. The van der Waals surface area contributed by atoms with Crippen LogP contribution in [0.2, 0.25) is 0 Å². The molecule has 2 heteroatoms. The molecular weight excluding hydrogens is 201 g/mol. The summed E-state index contributed by atoms with van der Waals surface area (Å²) in [5.74, 6) is 2.48. The van der Waals surface area contributed by atoms with Gasteiger partial charge in [-0.3, -0.25) is 5.32 Å². The van der Waals surface area contributed by atoms with Crippen LogP contribution in [0.1, 0.15) is 38.8 Å². The van der Waals surface area contributed by atoms with Crippen molar-refractivity contribution in [2.45, 2.75) is 38.8 Å². The van der Waals surface area contributed by atoms with Gasteiger partial charge in [0, 0.05) is 11.6 Å². The summed E-state index contributed by atoms with van der Waals surface area (Å²) in [6.45, 7) is 5.84. The monoisotopic (exact) mass is 219 g/mol. The minimum absolute atomic E-state index is 0.0488. The number of rotatable bonds is 4. The lowest BCUT2D eigenvalue weighted by Gasteiger charge is -2.27. The average molecular weight is 219 g/mol. The minimum atomic E-state index is -0.428. The summed E-state index contributed by atoms with van der Waals surface area (Å²) < 4.78 is 13.6. The van der Waals surface area contributed by atoms with Gasteiger partial charge in [0.15, 0.2) is 0 Å². The van der Waals surface area contributed by atoms with Crippen LogP contribution < -0.4 is 5.32 Å². The van der Waals surface area contributed by atoms with E-state index >= 15 is 0 Å². The third kappa shape index (κ3) is 3.08. The van der Waals surface area contributed by atoms with E-state index in [1.807, 2.05) is 26.8 Å². The number of halogens is 1. The smallest absolute Gasteiger partial charge is 0.127 e. The van der Waals surface area contributed by atoms with Crippen molar-refractivity contribution in [2.75, 3.05) is 0 Å². The quantitative estimate of drug-likeness (QED) is 0.766. The number of hydrogen-bond acceptors (Lipinski definition) is 1. The van der Waals surface area contributed by atoms with E-state index in [4.69, 9.17) is 6.42 Å². The van der Waals surface area contributed by atoms with Crippen molar-refractivity contribution < 1.29 is 4.39 Å². The highest BCUT2D eigenvalue weighted by Crippen LogP contribution is 2.22. The molecular formula is C14H18FN. The summed E-state index contributed by atoms with van der Waals surface area (Å²) in [6, 6.07) is 6.75. The first-order valence-corrected chi connectivity index (χ1v) is 5.50. The summed E-state index contributed by atoms with van der Waals surface area (Å²) in [7, 11) is 0. The topological polar surface area (TPSA) is 12.0 Å². The molecule has 1 aromatic rings. The maximum atomic E-state index is 13.6. The standard InChI is InChI=1S/C14H18FN/c1-5-13(16-14(3,4)6-2)11-9-7-8-10-12(11)15/h2,7-10,13,16H,5H2,1,3-4H3. The Morgan fingerprint density at radius 1 is 1.44 bits per heavy atom. The molecule has 1 unspecified atom stereocenters. The molecule has 0 saturated carbocycles. The average Bonchev–Trinajstić information content (AvgIpc) is 2.27. The van der Waals surface area contributed by atoms with Crippen molar-refractivity contribution in [3.8, 4) is 12.3 Å². The van der Waals surface area contributed by atoms with Gasteiger partial charge in [-0.1, -0.05) is 31.0 Å². The van der Waals surface area contributed by atoms with Crippen molar-refractivity contribution in [2.24, 2.45) is 0 Å². The summed E-state index contributed by atoms with van der Waals surface area (Å²) in [5, 5.41) is 3.27. The van der Waals surface area contributed by atoms with Gasteiger partial charge in [-0.25, -0.2) is 4.39 Å². The van der Waals surface area contributed by atoms with Gasteiger partial charge in [0.05, 0.1) is 5.54 Å². The molecule has 1 nitrogen and oxygen atoms in total. The highest BCUT2D eigenvalue weighted by atomic mass is 19.1. The Morgan fingerprint density at radius 3 is 2.56 bits per heavy atom. The van der Waals surface area contributed by atoms with Crippen molar-refractivity contribution in [3.05, 3.63) is 35.6 Å². The maximum Gasteiger partial charge on any atom is 0.127 e. The number of benzene rings is 1. The van der Waals surface area contributed by atoms with E-state index in [1.54, 1.807) is 12.1 Å². The van der Waals surface area contributed by atoms with Crippen LogP contribution in [0.5, 0.6) is 0 Å². The maximum absolute atomic E-state index is 13.6. The van der Waals surface area contributed by atoms with Crippen LogP contribution in [0, 0.1) is 18.2 Å². The van der Waals surface area contributed by atoms with E-state index in [-0.39, 0.29) is 11.9 Å². The van der Waals surface area contributed by atoms with Crippen LogP contribution in [0.3, 0.4) is 0 Å². The summed E-state index contributed by atoms with van der Waals surface area (Å²) in [4.78, 5) is 0. The largest absolute Gasteiger partial charge is 0.295 e. The fourth-order valence-corrected chi connectivity index (χ4v) is 1.63. The SMILES string of the molecule is C#CC(C)(C)NC(CC)c1ccccc1F. The first-order valence-electron chi connectivity index (χ1n) is 5.50. The second kappa shape index (κ2) is 5.14. The van der Waals surface area contributed by atoms with Crippen molar-refractivity contribution in [1.29, 1.82) is 0 Å². The Balaban J connectivity index is 2.93. The Morgan fingerprint density at radius 2 is 2.06 bits per heavy atom. The molecule has 0 amide bonds. The minimum Gasteiger partial charge on any atom is -0.295 e. The van der Waals surface area contributed by atoms with E-state index in [0.29, 0.717) is 5.56 Å². The van der Waals surface area contributed by atoms with Gasteiger partial charge in [0.25, 0.3) is 0 Å². The molecule has 0 aliphatic carbocycles. The Hall–Kier alpha value is -1.33. The van der Waals surface area contributed by atoms with Gasteiger partial charge < -0.3 is 0 Å². The normalized spacial score (nSPS) is 13.2. The molecule has 1 aromatic carbocycles. The van der Waals surface area contributed by atoms with Crippen LogP contribution in [-0.2, 0) is 0 Å². The van der Waals surface area contributed by atoms with Gasteiger partial charge >= 0.3 is 0 Å². The third-order valence-electron chi connectivity index (χ3n) is 2.58. The Kier molecular flexibility index (Phi) is 4.09. The predicted molar refractivity (Wildman–Crippen MR) is 65.5 cm³/mol. The van der Waals surface area contributed by atoms with Crippen LogP contribution in [0.4, 0.5) is 4.39 Å². The zero-order chi connectivity index (χ0) is 12.2. The molecule has 0 fully saturated rings. The van der Waals surface area contributed by atoms with Crippen molar-refractivity contribution in [1.82, 2.24) is 5.32 Å². The number of terminal acetylenes is 1. The molecule has 0 aliphatic heterocycles. The lowest BCUT2D eigenvalue weighted by atomic mass is 9.98. The van der Waals surface area contributed by atoms with Gasteiger partial charge in [-0.05, 0) is 26.3 Å². The van der Waals surface area contributed by atoms with Gasteiger partial charge in [-0.2, -0.15) is 0 Å². The molecule has 0 radical (unpaired) electrons. The van der Waals surface area contributed by atoms with Crippen LogP contribution >= 0.6 is 0 Å². The molecule has 1 N–H and O–H groups in total. The fraction of sp³-hybridized carbons (Fsp3) is 0.429. The molecule has 86 valence electrons. The zero-order valence-electron chi connectivity index (χ0n) is 10.0. The first kappa shape index (κ1) is 12.7. The second-order valence-corrected chi connectivity index (χ2v) is 4.40. The summed E-state index contributed by atoms with van der Waals surface area (Å²) >= 11 is 0. The van der Waals surface area contributed by atoms with Crippen molar-refractivity contribution >= 4 is 0 Å². The second-order valence-electron chi connectivity index (χ2n) is 4.40. The Labute approximate surface area is 97.1 Å². The summed E-state index contributed by atoms with van der Waals surface area (Å²) in [6.07, 6.45) is 6.22. The third-order valence-corrected chi connectivity index (χ3v) is 2.58. The van der Waals surface area contributed by atoms with Crippen LogP contribution in [0.25, 0.3) is 0 Å². The van der Waals surface area contributed by atoms with E-state index in [1.165, 1.54) is 6.07 Å². The van der Waals surface area contributed by atoms with Gasteiger partial charge in [-0.15, -0.1) is 6.42 Å². The number of nitrogens with one attached hydrogen (secondary N) is 1. The molecule has 0 spiro atoms. The van der Waals surface area contributed by atoms with E-state index in [2.05, 4.69) is 11.2 Å². The van der Waals surface area contributed by atoms with E-state index in [9.17, 15) is 4.39 Å². The van der Waals surface area contributed by atoms with E-state index < -0.39 is 5.54 Å². The lowest BCUT2D eigenvalue weighted by Crippen LogP contribution is -2.40. The molecule has 16 heavy (non-hydrogen) atoms. The molecule has 0 aromatic heterocycles. The zero-order valence-corrected chi connectivity index (χ0v) is 10.0. The highest BCUT2D eigenvalue weighted by molar-refractivity contribution is 5.22. The molecule has 0 heterocycles. The van der Waals surface area contributed by atoms with Crippen molar-refractivity contribution in [3.63, 3.8) is 0 Å². The molecule has 0 bridgehead atoms. The van der Waals surface area contributed by atoms with E-state index in [0.717, 1.165) is 6.42 Å². The van der Waals surface area contributed by atoms with Crippen LogP contribution in [0.15, 0.2) is 24.3 Å². The highest BCUT2D eigenvalue weighted by Gasteiger charge is 2.21. The van der Waals surface area contributed by atoms with Gasteiger partial charge in [0.2, 0.25) is 0 Å². The number of hydrogen-bond donors (Lipinski definition) is 1.